The maximum absolute atomic E-state index is 3.69. The van der Waals surface area contributed by atoms with E-state index in [1.54, 1.807) is 0 Å². The molecule has 13 heavy (non-hydrogen) atoms. The minimum atomic E-state index is 0.420. The molecule has 0 aromatic heterocycles. The second-order valence-corrected chi connectivity index (χ2v) is 4.69. The number of hydrogen-bond donors (Lipinski definition) is 2. The van der Waals surface area contributed by atoms with Gasteiger partial charge in [-0.1, -0.05) is 19.3 Å². The summed E-state index contributed by atoms with van der Waals surface area (Å²) in [6.07, 6.45) is 6.93. The predicted octanol–water partition coefficient (Wildman–Crippen LogP) is 1.91. The molecule has 0 bridgehead atoms. The summed E-state index contributed by atoms with van der Waals surface area (Å²) in [6.45, 7) is 5.68. The van der Waals surface area contributed by atoms with Gasteiger partial charge in [0.2, 0.25) is 0 Å². The number of hydrogen-bond acceptors (Lipinski definition) is 2. The minimum Gasteiger partial charge on any atom is -0.316 e. The van der Waals surface area contributed by atoms with E-state index in [0.29, 0.717) is 11.6 Å². The van der Waals surface area contributed by atoms with Gasteiger partial charge in [-0.2, -0.15) is 0 Å². The zero-order chi connectivity index (χ0) is 9.73. The third kappa shape index (κ3) is 3.65. The molecule has 0 aliphatic heterocycles. The van der Waals surface area contributed by atoms with Crippen LogP contribution >= 0.6 is 0 Å². The Bertz CT molecular complexity index is 139. The quantitative estimate of drug-likeness (QED) is 0.697. The molecule has 1 aliphatic rings. The van der Waals surface area contributed by atoms with Gasteiger partial charge in [0, 0.05) is 18.1 Å². The van der Waals surface area contributed by atoms with Crippen LogP contribution in [0.15, 0.2) is 0 Å². The van der Waals surface area contributed by atoms with Crippen molar-refractivity contribution in [3.63, 3.8) is 0 Å². The molecule has 2 heteroatoms. The number of nitrogens with one attached hydrogen (secondary N) is 2. The van der Waals surface area contributed by atoms with Crippen LogP contribution in [0.4, 0.5) is 0 Å². The Kier molecular flexibility index (Phi) is 4.20. The van der Waals surface area contributed by atoms with E-state index >= 15 is 0 Å². The molecular formula is C11H24N2. The molecule has 1 rings (SSSR count). The summed E-state index contributed by atoms with van der Waals surface area (Å²) >= 11 is 0. The van der Waals surface area contributed by atoms with Crippen molar-refractivity contribution in [3.05, 3.63) is 0 Å². The van der Waals surface area contributed by atoms with Gasteiger partial charge in [0.25, 0.3) is 0 Å². The first-order chi connectivity index (χ1) is 6.16. The first-order valence-electron chi connectivity index (χ1n) is 5.58. The third-order valence-corrected chi connectivity index (χ3v) is 3.28. The Labute approximate surface area is 82.5 Å². The molecule has 0 aromatic rings. The fraction of sp³-hybridized carbons (Fsp3) is 1.00. The largest absolute Gasteiger partial charge is 0.316 e. The average molecular weight is 184 g/mol. The van der Waals surface area contributed by atoms with Crippen LogP contribution in [-0.2, 0) is 0 Å². The molecular weight excluding hydrogens is 160 g/mol. The molecule has 2 N–H and O–H groups in total. The smallest absolute Gasteiger partial charge is 0.0161 e. The van der Waals surface area contributed by atoms with Crippen molar-refractivity contribution in [1.82, 2.24) is 10.6 Å². The number of rotatable bonds is 4. The van der Waals surface area contributed by atoms with Crippen LogP contribution in [0.5, 0.6) is 0 Å². The highest BCUT2D eigenvalue weighted by molar-refractivity contribution is 4.87. The second kappa shape index (κ2) is 4.97. The van der Waals surface area contributed by atoms with Gasteiger partial charge in [0.1, 0.15) is 0 Å². The van der Waals surface area contributed by atoms with Crippen LogP contribution in [0.2, 0.25) is 0 Å². The van der Waals surface area contributed by atoms with Crippen LogP contribution < -0.4 is 10.6 Å². The average Bonchev–Trinajstić information content (AvgIpc) is 2.15. The molecule has 1 atom stereocenters. The van der Waals surface area contributed by atoms with E-state index < -0.39 is 0 Å². The van der Waals surface area contributed by atoms with E-state index in [1.165, 1.54) is 32.1 Å². The van der Waals surface area contributed by atoms with Crippen LogP contribution in [0.3, 0.4) is 0 Å². The van der Waals surface area contributed by atoms with Gasteiger partial charge in [0.15, 0.2) is 0 Å². The van der Waals surface area contributed by atoms with Crippen molar-refractivity contribution in [3.8, 4) is 0 Å². The summed E-state index contributed by atoms with van der Waals surface area (Å²) in [5, 5.41) is 6.95. The van der Waals surface area contributed by atoms with Gasteiger partial charge in [-0.25, -0.2) is 0 Å². The lowest BCUT2D eigenvalue weighted by atomic mass is 9.83. The summed E-state index contributed by atoms with van der Waals surface area (Å²) in [6, 6.07) is 0.582. The molecule has 0 amide bonds. The van der Waals surface area contributed by atoms with E-state index in [1.807, 2.05) is 7.05 Å². The first kappa shape index (κ1) is 11.0. The highest BCUT2D eigenvalue weighted by Gasteiger charge is 2.25. The molecule has 1 aliphatic carbocycles. The lowest BCUT2D eigenvalue weighted by Crippen LogP contribution is -2.48. The van der Waals surface area contributed by atoms with Gasteiger partial charge in [0.05, 0.1) is 0 Å². The van der Waals surface area contributed by atoms with E-state index in [2.05, 4.69) is 24.5 Å². The minimum absolute atomic E-state index is 0.420. The van der Waals surface area contributed by atoms with Crippen molar-refractivity contribution in [2.75, 3.05) is 13.6 Å². The Balaban J connectivity index is 2.24. The van der Waals surface area contributed by atoms with Gasteiger partial charge in [-0.3, -0.25) is 0 Å². The normalized spacial score (nSPS) is 24.2. The summed E-state index contributed by atoms with van der Waals surface area (Å²) < 4.78 is 0. The molecule has 0 heterocycles. The van der Waals surface area contributed by atoms with Gasteiger partial charge >= 0.3 is 0 Å². The summed E-state index contributed by atoms with van der Waals surface area (Å²) in [4.78, 5) is 0. The topological polar surface area (TPSA) is 24.1 Å². The van der Waals surface area contributed by atoms with Gasteiger partial charge in [-0.15, -0.1) is 0 Å². The highest BCUT2D eigenvalue weighted by atomic mass is 15.0. The fourth-order valence-corrected chi connectivity index (χ4v) is 2.01. The maximum Gasteiger partial charge on any atom is 0.0161 e. The van der Waals surface area contributed by atoms with Crippen molar-refractivity contribution < 1.29 is 0 Å². The van der Waals surface area contributed by atoms with Crippen LogP contribution in [0.25, 0.3) is 0 Å². The summed E-state index contributed by atoms with van der Waals surface area (Å²) in [7, 11) is 2.02. The van der Waals surface area contributed by atoms with Crippen LogP contribution in [0, 0.1) is 0 Å². The predicted molar refractivity (Wildman–Crippen MR) is 58.0 cm³/mol. The molecule has 1 fully saturated rings. The molecule has 0 aromatic carbocycles. The van der Waals surface area contributed by atoms with E-state index in [0.717, 1.165) is 6.54 Å². The summed E-state index contributed by atoms with van der Waals surface area (Å²) in [5.41, 5.74) is 0.420. The zero-order valence-corrected chi connectivity index (χ0v) is 9.32. The van der Waals surface area contributed by atoms with Crippen molar-refractivity contribution >= 4 is 0 Å². The zero-order valence-electron chi connectivity index (χ0n) is 9.32. The maximum atomic E-state index is 3.69. The first-order valence-corrected chi connectivity index (χ1v) is 5.58. The van der Waals surface area contributed by atoms with Crippen LogP contribution in [-0.4, -0.2) is 25.2 Å². The molecule has 1 saturated carbocycles. The lowest BCUT2D eigenvalue weighted by molar-refractivity contribution is 0.248. The van der Waals surface area contributed by atoms with E-state index in [4.69, 9.17) is 0 Å². The monoisotopic (exact) mass is 184 g/mol. The molecule has 0 spiro atoms. The molecule has 1 unspecified atom stereocenters. The lowest BCUT2D eigenvalue weighted by Gasteiger charge is -2.35. The van der Waals surface area contributed by atoms with E-state index in [9.17, 15) is 0 Å². The van der Waals surface area contributed by atoms with Crippen molar-refractivity contribution in [2.45, 2.75) is 57.5 Å². The van der Waals surface area contributed by atoms with E-state index in [-0.39, 0.29) is 0 Å². The Morgan fingerprint density at radius 3 is 2.38 bits per heavy atom. The van der Waals surface area contributed by atoms with Crippen LogP contribution in [0.1, 0.15) is 46.0 Å². The Morgan fingerprint density at radius 2 is 1.85 bits per heavy atom. The highest BCUT2D eigenvalue weighted by Crippen LogP contribution is 2.27. The van der Waals surface area contributed by atoms with Crippen molar-refractivity contribution in [1.29, 1.82) is 0 Å². The van der Waals surface area contributed by atoms with Gasteiger partial charge < -0.3 is 10.6 Å². The Morgan fingerprint density at radius 1 is 1.23 bits per heavy atom. The molecule has 78 valence electrons. The third-order valence-electron chi connectivity index (χ3n) is 3.28. The SMILES string of the molecule is CNC(C)CNC1(C)CCCCC1. The van der Waals surface area contributed by atoms with Gasteiger partial charge in [-0.05, 0) is 33.7 Å². The second-order valence-electron chi connectivity index (χ2n) is 4.69. The molecule has 0 saturated heterocycles. The standard InChI is InChI=1S/C11H24N2/c1-10(12-3)9-13-11(2)7-5-4-6-8-11/h10,12-13H,4-9H2,1-3H3. The Hall–Kier alpha value is -0.0800. The van der Waals surface area contributed by atoms with Crippen molar-refractivity contribution in [2.24, 2.45) is 0 Å². The molecule has 2 nitrogen and oxygen atoms in total. The number of likely N-dealkylation sites (N-methyl/N-ethyl adjacent to an activating group) is 1. The molecule has 0 radical (unpaired) electrons. The fourth-order valence-electron chi connectivity index (χ4n) is 2.01. The summed E-state index contributed by atoms with van der Waals surface area (Å²) in [5.74, 6) is 0.